The summed E-state index contributed by atoms with van der Waals surface area (Å²) in [4.78, 5) is 15.0. The monoisotopic (exact) mass is 275 g/mol. The van der Waals surface area contributed by atoms with Gasteiger partial charge in [-0.1, -0.05) is 0 Å². The normalized spacial score (nSPS) is 15.1. The Morgan fingerprint density at radius 2 is 1.95 bits per heavy atom. The number of hydrogen-bond donors (Lipinski definition) is 1. The third-order valence-electron chi connectivity index (χ3n) is 3.62. The molecule has 0 radical (unpaired) electrons. The zero-order valence-electron chi connectivity index (χ0n) is 11.6. The molecule has 1 N–H and O–H groups in total. The van der Waals surface area contributed by atoms with E-state index >= 15 is 0 Å². The Morgan fingerprint density at radius 1 is 1.30 bits per heavy atom. The Balaban J connectivity index is 2.18. The van der Waals surface area contributed by atoms with Crippen LogP contribution in [0.25, 0.3) is 0 Å². The van der Waals surface area contributed by atoms with Gasteiger partial charge in [-0.3, -0.25) is 4.79 Å². The van der Waals surface area contributed by atoms with Crippen LogP contribution in [0.4, 0.5) is 5.82 Å². The summed E-state index contributed by atoms with van der Waals surface area (Å²) in [6.07, 6.45) is 0. The summed E-state index contributed by atoms with van der Waals surface area (Å²) in [6, 6.07) is 2.18. The van der Waals surface area contributed by atoms with Crippen molar-refractivity contribution in [2.24, 2.45) is 0 Å². The standard InChI is InChI=1S/C13H17N5O2/c1-9-10(2)15-16-13(11(9)7-14)18-5-3-17(4-6-18)12(20)8-19/h19H,3-6,8H2,1-2H3. The van der Waals surface area contributed by atoms with E-state index in [1.165, 1.54) is 0 Å². The maximum Gasteiger partial charge on any atom is 0.248 e. The molecule has 0 aromatic carbocycles. The van der Waals surface area contributed by atoms with Gasteiger partial charge in [0.05, 0.1) is 5.69 Å². The minimum Gasteiger partial charge on any atom is -0.387 e. The predicted octanol–water partition coefficient (Wildman–Crippen LogP) is -0.394. The second kappa shape index (κ2) is 5.84. The van der Waals surface area contributed by atoms with Crippen molar-refractivity contribution in [2.75, 3.05) is 37.7 Å². The number of carbonyl (C=O) groups excluding carboxylic acids is 1. The average molecular weight is 275 g/mol. The molecule has 0 atom stereocenters. The molecule has 2 rings (SSSR count). The predicted molar refractivity (Wildman–Crippen MR) is 72.1 cm³/mol. The van der Waals surface area contributed by atoms with Crippen molar-refractivity contribution in [3.05, 3.63) is 16.8 Å². The number of rotatable bonds is 2. The smallest absolute Gasteiger partial charge is 0.248 e. The fourth-order valence-corrected chi connectivity index (χ4v) is 2.22. The van der Waals surface area contributed by atoms with Crippen molar-refractivity contribution < 1.29 is 9.90 Å². The average Bonchev–Trinajstić information content (AvgIpc) is 2.49. The van der Waals surface area contributed by atoms with Crippen molar-refractivity contribution >= 4 is 11.7 Å². The number of aliphatic hydroxyl groups excluding tert-OH is 1. The van der Waals surface area contributed by atoms with Crippen LogP contribution in [0.5, 0.6) is 0 Å². The molecule has 7 nitrogen and oxygen atoms in total. The minimum atomic E-state index is -0.465. The molecule has 1 aliphatic heterocycles. The number of nitriles is 1. The number of anilines is 1. The molecule has 0 unspecified atom stereocenters. The van der Waals surface area contributed by atoms with Crippen LogP contribution in [-0.4, -0.2) is 58.9 Å². The first-order valence-electron chi connectivity index (χ1n) is 6.46. The second-order valence-electron chi connectivity index (χ2n) is 4.75. The fraction of sp³-hybridized carbons (Fsp3) is 0.538. The summed E-state index contributed by atoms with van der Waals surface area (Å²) in [7, 11) is 0. The highest BCUT2D eigenvalue weighted by Crippen LogP contribution is 2.22. The molecule has 1 saturated heterocycles. The summed E-state index contributed by atoms with van der Waals surface area (Å²) in [5.41, 5.74) is 2.13. The molecule has 1 aromatic heterocycles. The zero-order valence-corrected chi connectivity index (χ0v) is 11.6. The summed E-state index contributed by atoms with van der Waals surface area (Å²) in [5, 5.41) is 26.3. The molecular formula is C13H17N5O2. The number of aliphatic hydroxyl groups is 1. The first-order chi connectivity index (χ1) is 9.58. The van der Waals surface area contributed by atoms with Gasteiger partial charge >= 0.3 is 0 Å². The third kappa shape index (κ3) is 2.56. The third-order valence-corrected chi connectivity index (χ3v) is 3.62. The van der Waals surface area contributed by atoms with E-state index in [2.05, 4.69) is 16.3 Å². The van der Waals surface area contributed by atoms with Crippen LogP contribution in [0.15, 0.2) is 0 Å². The van der Waals surface area contributed by atoms with Crippen LogP contribution < -0.4 is 4.90 Å². The van der Waals surface area contributed by atoms with Crippen molar-refractivity contribution in [1.82, 2.24) is 15.1 Å². The van der Waals surface area contributed by atoms with Crippen LogP contribution in [0.2, 0.25) is 0 Å². The zero-order chi connectivity index (χ0) is 14.7. The molecule has 7 heteroatoms. The molecule has 20 heavy (non-hydrogen) atoms. The van der Waals surface area contributed by atoms with Gasteiger partial charge in [0.15, 0.2) is 5.82 Å². The van der Waals surface area contributed by atoms with Gasteiger partial charge in [-0.15, -0.1) is 5.10 Å². The fourth-order valence-electron chi connectivity index (χ4n) is 2.22. The van der Waals surface area contributed by atoms with Gasteiger partial charge in [-0.2, -0.15) is 10.4 Å². The van der Waals surface area contributed by atoms with Gasteiger partial charge in [0.25, 0.3) is 0 Å². The Kier molecular flexibility index (Phi) is 4.15. The van der Waals surface area contributed by atoms with E-state index in [9.17, 15) is 10.1 Å². The summed E-state index contributed by atoms with van der Waals surface area (Å²) in [5.74, 6) is 0.308. The number of nitrogens with zero attached hydrogens (tertiary/aromatic N) is 5. The van der Waals surface area contributed by atoms with Gasteiger partial charge in [0.1, 0.15) is 18.2 Å². The van der Waals surface area contributed by atoms with E-state index in [4.69, 9.17) is 5.11 Å². The molecular weight excluding hydrogens is 258 g/mol. The quantitative estimate of drug-likeness (QED) is 0.790. The number of aromatic nitrogens is 2. The van der Waals surface area contributed by atoms with E-state index in [0.717, 1.165) is 11.3 Å². The Hall–Kier alpha value is -2.20. The number of hydrogen-bond acceptors (Lipinski definition) is 6. The highest BCUT2D eigenvalue weighted by Gasteiger charge is 2.24. The van der Waals surface area contributed by atoms with Gasteiger partial charge in [-0.25, -0.2) is 0 Å². The number of amides is 1. The van der Waals surface area contributed by atoms with Crippen LogP contribution in [0, 0.1) is 25.2 Å². The van der Waals surface area contributed by atoms with Gasteiger partial charge in [-0.05, 0) is 19.4 Å². The molecule has 0 saturated carbocycles. The van der Waals surface area contributed by atoms with Gasteiger partial charge < -0.3 is 14.9 Å². The van der Waals surface area contributed by atoms with E-state index in [1.54, 1.807) is 4.90 Å². The lowest BCUT2D eigenvalue weighted by Gasteiger charge is -2.35. The van der Waals surface area contributed by atoms with Crippen molar-refractivity contribution in [1.29, 1.82) is 5.26 Å². The molecule has 0 aliphatic carbocycles. The van der Waals surface area contributed by atoms with Gasteiger partial charge in [0, 0.05) is 26.2 Å². The van der Waals surface area contributed by atoms with E-state index < -0.39 is 6.61 Å². The van der Waals surface area contributed by atoms with Crippen molar-refractivity contribution in [3.63, 3.8) is 0 Å². The van der Waals surface area contributed by atoms with E-state index in [-0.39, 0.29) is 5.91 Å². The number of piperazine rings is 1. The lowest BCUT2D eigenvalue weighted by atomic mass is 10.1. The molecule has 1 aliphatic rings. The highest BCUT2D eigenvalue weighted by molar-refractivity contribution is 5.77. The molecule has 1 amide bonds. The topological polar surface area (TPSA) is 93.3 Å². The van der Waals surface area contributed by atoms with Crippen molar-refractivity contribution in [2.45, 2.75) is 13.8 Å². The Morgan fingerprint density at radius 3 is 2.50 bits per heavy atom. The molecule has 106 valence electrons. The summed E-state index contributed by atoms with van der Waals surface area (Å²) >= 11 is 0. The highest BCUT2D eigenvalue weighted by atomic mass is 16.3. The molecule has 1 aromatic rings. The summed E-state index contributed by atoms with van der Waals surface area (Å²) in [6.45, 7) is 5.40. The number of carbonyl (C=O) groups is 1. The van der Waals surface area contributed by atoms with Crippen molar-refractivity contribution in [3.8, 4) is 6.07 Å². The molecule has 2 heterocycles. The van der Waals surface area contributed by atoms with Gasteiger partial charge in [0.2, 0.25) is 5.91 Å². The molecule has 0 bridgehead atoms. The van der Waals surface area contributed by atoms with Crippen LogP contribution in [0.3, 0.4) is 0 Å². The van der Waals surface area contributed by atoms with Crippen LogP contribution in [-0.2, 0) is 4.79 Å². The lowest BCUT2D eigenvalue weighted by molar-refractivity contribution is -0.134. The molecule has 1 fully saturated rings. The minimum absolute atomic E-state index is 0.267. The second-order valence-corrected chi connectivity index (χ2v) is 4.75. The SMILES string of the molecule is Cc1nnc(N2CCN(C(=O)CO)CC2)c(C#N)c1C. The van der Waals surface area contributed by atoms with Crippen LogP contribution in [0.1, 0.15) is 16.8 Å². The maximum atomic E-state index is 11.4. The Bertz CT molecular complexity index is 559. The molecule has 0 spiro atoms. The lowest BCUT2D eigenvalue weighted by Crippen LogP contribution is -2.50. The number of aryl methyl sites for hydroxylation is 1. The van der Waals surface area contributed by atoms with Crippen LogP contribution >= 0.6 is 0 Å². The first-order valence-corrected chi connectivity index (χ1v) is 6.46. The van der Waals surface area contributed by atoms with E-state index in [0.29, 0.717) is 37.6 Å². The largest absolute Gasteiger partial charge is 0.387 e. The van der Waals surface area contributed by atoms with E-state index in [1.807, 2.05) is 18.7 Å². The first kappa shape index (κ1) is 14.2. The summed E-state index contributed by atoms with van der Waals surface area (Å²) < 4.78 is 0. The Labute approximate surface area is 117 Å². The maximum absolute atomic E-state index is 11.4.